The Bertz CT molecular complexity index is 633. The number of nitrogens with two attached hydrogens (primary N) is 1. The molecule has 0 spiro atoms. The molecule has 0 atom stereocenters. The zero-order valence-corrected chi connectivity index (χ0v) is 11.4. The number of hydrogen-bond acceptors (Lipinski definition) is 2. The van der Waals surface area contributed by atoms with Gasteiger partial charge in [0.25, 0.3) is 0 Å². The fourth-order valence-electron chi connectivity index (χ4n) is 1.87. The molecule has 2 rings (SSSR count). The van der Waals surface area contributed by atoms with Crippen LogP contribution in [0.2, 0.25) is 0 Å². The quantitative estimate of drug-likeness (QED) is 0.648. The van der Waals surface area contributed by atoms with E-state index in [9.17, 15) is 0 Å². The van der Waals surface area contributed by atoms with E-state index in [1.165, 1.54) is 0 Å². The van der Waals surface area contributed by atoms with Crippen molar-refractivity contribution in [2.45, 2.75) is 20.8 Å². The van der Waals surface area contributed by atoms with Gasteiger partial charge in [0.2, 0.25) is 0 Å². The zero-order chi connectivity index (χ0) is 14.0. The van der Waals surface area contributed by atoms with Crippen LogP contribution in [0.3, 0.4) is 0 Å². The average Bonchev–Trinajstić information content (AvgIpc) is 2.33. The summed E-state index contributed by atoms with van der Waals surface area (Å²) >= 11 is 0. The lowest BCUT2D eigenvalue weighted by atomic mass is 10.1. The van der Waals surface area contributed by atoms with Crippen molar-refractivity contribution in [2.75, 3.05) is 0 Å². The number of amidine groups is 1. The molecule has 0 heterocycles. The summed E-state index contributed by atoms with van der Waals surface area (Å²) in [6, 6.07) is 11.7. The number of benzene rings is 2. The van der Waals surface area contributed by atoms with Crippen molar-refractivity contribution in [1.82, 2.24) is 0 Å². The Morgan fingerprint density at radius 1 is 0.947 bits per heavy atom. The van der Waals surface area contributed by atoms with Crippen LogP contribution in [0.25, 0.3) is 0 Å². The molecule has 0 fully saturated rings. The highest BCUT2D eigenvalue weighted by Crippen LogP contribution is 2.29. The molecule has 0 amide bonds. The maximum absolute atomic E-state index is 7.61. The number of ether oxygens (including phenoxy) is 1. The van der Waals surface area contributed by atoms with Gasteiger partial charge in [-0.25, -0.2) is 0 Å². The molecular weight excluding hydrogens is 236 g/mol. The van der Waals surface area contributed by atoms with Crippen LogP contribution in [0.15, 0.2) is 36.4 Å². The second-order valence-corrected chi connectivity index (χ2v) is 4.78. The molecule has 0 aliphatic rings. The van der Waals surface area contributed by atoms with Gasteiger partial charge in [-0.2, -0.15) is 0 Å². The van der Waals surface area contributed by atoms with E-state index in [1.807, 2.05) is 57.2 Å². The molecule has 3 N–H and O–H groups in total. The number of nitrogen functional groups attached to an aromatic ring is 1. The molecule has 3 heteroatoms. The molecule has 0 saturated carbocycles. The van der Waals surface area contributed by atoms with E-state index in [2.05, 4.69) is 0 Å². The minimum Gasteiger partial charge on any atom is -0.456 e. The van der Waals surface area contributed by atoms with Crippen LogP contribution in [0.4, 0.5) is 0 Å². The van der Waals surface area contributed by atoms with Crippen molar-refractivity contribution < 1.29 is 4.74 Å². The van der Waals surface area contributed by atoms with E-state index >= 15 is 0 Å². The van der Waals surface area contributed by atoms with E-state index in [4.69, 9.17) is 15.9 Å². The summed E-state index contributed by atoms with van der Waals surface area (Å²) in [5.41, 5.74) is 9.47. The molecule has 0 bridgehead atoms. The minimum atomic E-state index is 0.0142. The van der Waals surface area contributed by atoms with Gasteiger partial charge in [-0.05, 0) is 55.7 Å². The smallest absolute Gasteiger partial charge is 0.138 e. The van der Waals surface area contributed by atoms with Crippen molar-refractivity contribution in [2.24, 2.45) is 5.73 Å². The van der Waals surface area contributed by atoms with Crippen LogP contribution in [0.5, 0.6) is 11.5 Å². The lowest BCUT2D eigenvalue weighted by Crippen LogP contribution is -2.12. The van der Waals surface area contributed by atoms with Crippen molar-refractivity contribution in [1.29, 1.82) is 5.41 Å². The van der Waals surface area contributed by atoms with Crippen molar-refractivity contribution in [3.05, 3.63) is 58.7 Å². The SMILES string of the molecule is Cc1ccc(C)c(Oc2cc(C)ccc2C(=N)N)c1. The van der Waals surface area contributed by atoms with Gasteiger partial charge in [-0.1, -0.05) is 18.2 Å². The van der Waals surface area contributed by atoms with E-state index in [0.717, 1.165) is 22.4 Å². The highest BCUT2D eigenvalue weighted by Gasteiger charge is 2.09. The second kappa shape index (κ2) is 5.14. The Kier molecular flexibility index (Phi) is 3.56. The lowest BCUT2D eigenvalue weighted by molar-refractivity contribution is 0.477. The molecule has 0 aliphatic heterocycles. The molecule has 19 heavy (non-hydrogen) atoms. The van der Waals surface area contributed by atoms with Gasteiger partial charge in [-0.15, -0.1) is 0 Å². The number of rotatable bonds is 3. The molecule has 0 radical (unpaired) electrons. The zero-order valence-electron chi connectivity index (χ0n) is 11.4. The molecule has 0 aliphatic carbocycles. The fraction of sp³-hybridized carbons (Fsp3) is 0.188. The Morgan fingerprint density at radius 3 is 2.16 bits per heavy atom. The van der Waals surface area contributed by atoms with Crippen LogP contribution >= 0.6 is 0 Å². The third kappa shape index (κ3) is 2.94. The summed E-state index contributed by atoms with van der Waals surface area (Å²) in [7, 11) is 0. The van der Waals surface area contributed by atoms with E-state index in [0.29, 0.717) is 11.3 Å². The highest BCUT2D eigenvalue weighted by atomic mass is 16.5. The molecule has 0 saturated heterocycles. The molecule has 0 unspecified atom stereocenters. The number of aryl methyl sites for hydroxylation is 3. The predicted molar refractivity (Wildman–Crippen MR) is 78.2 cm³/mol. The normalized spacial score (nSPS) is 10.3. The maximum atomic E-state index is 7.61. The summed E-state index contributed by atoms with van der Waals surface area (Å²) in [5.74, 6) is 1.44. The van der Waals surface area contributed by atoms with Crippen molar-refractivity contribution in [3.63, 3.8) is 0 Å². The van der Waals surface area contributed by atoms with Crippen LogP contribution in [-0.4, -0.2) is 5.84 Å². The summed E-state index contributed by atoms with van der Waals surface area (Å²) in [6.07, 6.45) is 0. The van der Waals surface area contributed by atoms with Crippen LogP contribution < -0.4 is 10.5 Å². The van der Waals surface area contributed by atoms with Gasteiger partial charge >= 0.3 is 0 Å². The van der Waals surface area contributed by atoms with Gasteiger partial charge in [-0.3, -0.25) is 5.41 Å². The molecule has 3 nitrogen and oxygen atoms in total. The van der Waals surface area contributed by atoms with Crippen LogP contribution in [-0.2, 0) is 0 Å². The van der Waals surface area contributed by atoms with Gasteiger partial charge in [0.15, 0.2) is 0 Å². The third-order valence-electron chi connectivity index (χ3n) is 2.99. The minimum absolute atomic E-state index is 0.0142. The Morgan fingerprint density at radius 2 is 1.53 bits per heavy atom. The lowest BCUT2D eigenvalue weighted by Gasteiger charge is -2.13. The summed E-state index contributed by atoms with van der Waals surface area (Å²) < 4.78 is 5.94. The van der Waals surface area contributed by atoms with E-state index in [1.54, 1.807) is 0 Å². The van der Waals surface area contributed by atoms with Gasteiger partial charge in [0, 0.05) is 0 Å². The first-order valence-corrected chi connectivity index (χ1v) is 6.17. The Labute approximate surface area is 113 Å². The van der Waals surface area contributed by atoms with Crippen LogP contribution in [0, 0.1) is 26.2 Å². The third-order valence-corrected chi connectivity index (χ3v) is 2.99. The van der Waals surface area contributed by atoms with Gasteiger partial charge < -0.3 is 10.5 Å². The van der Waals surface area contributed by atoms with E-state index < -0.39 is 0 Å². The highest BCUT2D eigenvalue weighted by molar-refractivity contribution is 5.97. The van der Waals surface area contributed by atoms with Gasteiger partial charge in [0.05, 0.1) is 5.56 Å². The monoisotopic (exact) mass is 254 g/mol. The largest absolute Gasteiger partial charge is 0.456 e. The first kappa shape index (κ1) is 13.1. The number of hydrogen-bond donors (Lipinski definition) is 2. The van der Waals surface area contributed by atoms with E-state index in [-0.39, 0.29) is 5.84 Å². The molecule has 2 aromatic carbocycles. The fourth-order valence-corrected chi connectivity index (χ4v) is 1.87. The summed E-state index contributed by atoms with van der Waals surface area (Å²) in [6.45, 7) is 6.01. The Hall–Kier alpha value is -2.29. The van der Waals surface area contributed by atoms with Crippen molar-refractivity contribution >= 4 is 5.84 Å². The average molecular weight is 254 g/mol. The van der Waals surface area contributed by atoms with Gasteiger partial charge in [0.1, 0.15) is 17.3 Å². The standard InChI is InChI=1S/C16H18N2O/c1-10-4-6-12(3)14(8-10)19-15-9-11(2)5-7-13(15)16(17)18/h4-9H,1-3H3,(H3,17,18). The molecule has 0 aromatic heterocycles. The van der Waals surface area contributed by atoms with Crippen molar-refractivity contribution in [3.8, 4) is 11.5 Å². The second-order valence-electron chi connectivity index (χ2n) is 4.78. The number of nitrogens with one attached hydrogen (secondary N) is 1. The molecule has 2 aromatic rings. The Balaban J connectivity index is 2.45. The van der Waals surface area contributed by atoms with Crippen LogP contribution in [0.1, 0.15) is 22.3 Å². The predicted octanol–water partition coefficient (Wildman–Crippen LogP) is 3.69. The topological polar surface area (TPSA) is 59.1 Å². The summed E-state index contributed by atoms with van der Waals surface area (Å²) in [4.78, 5) is 0. The molecular formula is C16H18N2O. The first-order valence-electron chi connectivity index (χ1n) is 6.17. The molecule has 98 valence electrons. The summed E-state index contributed by atoms with van der Waals surface area (Å²) in [5, 5.41) is 7.61. The maximum Gasteiger partial charge on any atom is 0.138 e. The first-order chi connectivity index (χ1) is 8.97.